The molecule has 25 heavy (non-hydrogen) atoms. The zero-order valence-electron chi connectivity index (χ0n) is 14.8. The Morgan fingerprint density at radius 1 is 1.16 bits per heavy atom. The van der Waals surface area contributed by atoms with Crippen molar-refractivity contribution in [2.75, 3.05) is 13.7 Å². The summed E-state index contributed by atoms with van der Waals surface area (Å²) in [6.07, 6.45) is 3.55. The molecule has 2 atom stereocenters. The number of hydrogen-bond donors (Lipinski definition) is 0. The van der Waals surface area contributed by atoms with Crippen LogP contribution in [0, 0.1) is 5.92 Å². The Balaban J connectivity index is 1.74. The Labute approximate surface area is 149 Å². The smallest absolute Gasteiger partial charge is 0.135 e. The topological polar surface area (TPSA) is 29.5 Å². The number of nitrogens with zero attached hydrogens (tertiary/aromatic N) is 1. The summed E-state index contributed by atoms with van der Waals surface area (Å²) >= 11 is 0. The second-order valence-electron chi connectivity index (χ2n) is 7.45. The molecule has 2 aliphatic rings. The van der Waals surface area contributed by atoms with Gasteiger partial charge in [0, 0.05) is 19.4 Å². The summed E-state index contributed by atoms with van der Waals surface area (Å²) in [7, 11) is 1.70. The molecule has 0 radical (unpaired) electrons. The Morgan fingerprint density at radius 2 is 2.00 bits per heavy atom. The molecule has 3 nitrogen and oxygen atoms in total. The molecule has 0 spiro atoms. The van der Waals surface area contributed by atoms with Gasteiger partial charge >= 0.3 is 0 Å². The van der Waals surface area contributed by atoms with E-state index in [1.165, 1.54) is 11.1 Å². The highest BCUT2D eigenvalue weighted by molar-refractivity contribution is 5.81. The Morgan fingerprint density at radius 3 is 2.80 bits per heavy atom. The van der Waals surface area contributed by atoms with E-state index in [9.17, 15) is 4.79 Å². The third kappa shape index (κ3) is 3.09. The van der Waals surface area contributed by atoms with Crippen LogP contribution in [0.3, 0.4) is 0 Å². The van der Waals surface area contributed by atoms with Gasteiger partial charge in [0.05, 0.1) is 12.6 Å². The normalized spacial score (nSPS) is 26.4. The highest BCUT2D eigenvalue weighted by atomic mass is 16.5. The number of rotatable bonds is 4. The lowest BCUT2D eigenvalue weighted by Crippen LogP contribution is -2.55. The largest absolute Gasteiger partial charge is 0.497 e. The number of ketones is 1. The van der Waals surface area contributed by atoms with Crippen molar-refractivity contribution in [1.82, 2.24) is 4.90 Å². The number of benzene rings is 2. The molecule has 0 N–H and O–H groups in total. The fourth-order valence-electron chi connectivity index (χ4n) is 4.69. The van der Waals surface area contributed by atoms with Crippen LogP contribution in [0.25, 0.3) is 0 Å². The molecule has 2 aromatic carbocycles. The molecule has 1 aliphatic heterocycles. The fraction of sp³-hybridized carbons (Fsp3) is 0.409. The van der Waals surface area contributed by atoms with Gasteiger partial charge in [0.25, 0.3) is 0 Å². The highest BCUT2D eigenvalue weighted by Crippen LogP contribution is 2.48. The molecule has 130 valence electrons. The number of piperidine rings is 1. The van der Waals surface area contributed by atoms with Crippen molar-refractivity contribution < 1.29 is 9.53 Å². The molecule has 1 saturated carbocycles. The molecule has 1 saturated heterocycles. The lowest BCUT2D eigenvalue weighted by Gasteiger charge is -2.53. The molecule has 2 bridgehead atoms. The molecule has 2 unspecified atom stereocenters. The average molecular weight is 335 g/mol. The standard InChI is InChI=1S/C22H25NO2/c1-25-21-9-5-8-19(13-21)22-14-18(12-20(24)15-22)10-11-23(22)16-17-6-3-2-4-7-17/h2-9,13,18H,10-12,14-16H2,1H3. The first-order chi connectivity index (χ1) is 12.2. The molecule has 1 heterocycles. The lowest BCUT2D eigenvalue weighted by molar-refractivity contribution is -0.131. The van der Waals surface area contributed by atoms with Gasteiger partial charge in [-0.2, -0.15) is 0 Å². The Bertz CT molecular complexity index is 758. The van der Waals surface area contributed by atoms with Crippen LogP contribution in [0.4, 0.5) is 0 Å². The van der Waals surface area contributed by atoms with Crippen molar-refractivity contribution in [3.05, 3.63) is 65.7 Å². The number of fused-ring (bicyclic) bond motifs is 2. The third-order valence-corrected chi connectivity index (χ3v) is 5.87. The van der Waals surface area contributed by atoms with E-state index >= 15 is 0 Å². The minimum atomic E-state index is -0.192. The minimum absolute atomic E-state index is 0.192. The van der Waals surface area contributed by atoms with Crippen molar-refractivity contribution in [1.29, 1.82) is 0 Å². The number of likely N-dealkylation sites (tertiary alicyclic amines) is 1. The SMILES string of the molecule is COc1cccc(C23CC(=O)CC(CCN2Cc2ccccc2)C3)c1. The molecule has 2 fully saturated rings. The van der Waals surface area contributed by atoms with Gasteiger partial charge in [-0.05, 0) is 48.6 Å². The summed E-state index contributed by atoms with van der Waals surface area (Å²) in [6, 6.07) is 18.9. The first-order valence-electron chi connectivity index (χ1n) is 9.15. The van der Waals surface area contributed by atoms with Gasteiger partial charge in [0.2, 0.25) is 0 Å². The number of carbonyl (C=O) groups excluding carboxylic acids is 1. The molecular weight excluding hydrogens is 310 g/mol. The van der Waals surface area contributed by atoms with E-state index in [0.717, 1.165) is 38.1 Å². The average Bonchev–Trinajstić information content (AvgIpc) is 2.65. The molecule has 3 heteroatoms. The first kappa shape index (κ1) is 16.3. The third-order valence-electron chi connectivity index (χ3n) is 5.87. The predicted molar refractivity (Wildman–Crippen MR) is 98.5 cm³/mol. The van der Waals surface area contributed by atoms with Gasteiger partial charge in [-0.25, -0.2) is 0 Å². The quantitative estimate of drug-likeness (QED) is 0.840. The number of hydrogen-bond acceptors (Lipinski definition) is 3. The zero-order chi connectivity index (χ0) is 17.3. The molecule has 0 aromatic heterocycles. The van der Waals surface area contributed by atoms with Crippen LogP contribution in [0.5, 0.6) is 5.75 Å². The summed E-state index contributed by atoms with van der Waals surface area (Å²) in [5.74, 6) is 1.78. The van der Waals surface area contributed by atoms with E-state index in [4.69, 9.17) is 4.74 Å². The Kier molecular flexibility index (Phi) is 4.34. The van der Waals surface area contributed by atoms with E-state index in [-0.39, 0.29) is 5.54 Å². The van der Waals surface area contributed by atoms with Gasteiger partial charge in [-0.3, -0.25) is 9.69 Å². The molecule has 4 rings (SSSR count). The van der Waals surface area contributed by atoms with E-state index < -0.39 is 0 Å². The number of ether oxygens (including phenoxy) is 1. The maximum Gasteiger partial charge on any atom is 0.135 e. The number of Topliss-reactive ketones (excluding diaryl/α,β-unsaturated/α-hetero) is 1. The van der Waals surface area contributed by atoms with Crippen LogP contribution < -0.4 is 4.74 Å². The van der Waals surface area contributed by atoms with Crippen molar-refractivity contribution >= 4 is 5.78 Å². The van der Waals surface area contributed by atoms with Crippen molar-refractivity contribution in [3.63, 3.8) is 0 Å². The highest BCUT2D eigenvalue weighted by Gasteiger charge is 2.48. The minimum Gasteiger partial charge on any atom is -0.497 e. The summed E-state index contributed by atoms with van der Waals surface area (Å²) in [6.45, 7) is 1.93. The zero-order valence-corrected chi connectivity index (χ0v) is 14.8. The summed E-state index contributed by atoms with van der Waals surface area (Å²) in [5, 5.41) is 0. The van der Waals surface area contributed by atoms with E-state index in [1.807, 2.05) is 12.1 Å². The van der Waals surface area contributed by atoms with Crippen LogP contribution in [0.1, 0.15) is 36.8 Å². The van der Waals surface area contributed by atoms with Crippen molar-refractivity contribution in [2.45, 2.75) is 37.8 Å². The van der Waals surface area contributed by atoms with Crippen LogP contribution in [0.15, 0.2) is 54.6 Å². The van der Waals surface area contributed by atoms with Gasteiger partial charge in [0.15, 0.2) is 0 Å². The monoisotopic (exact) mass is 335 g/mol. The van der Waals surface area contributed by atoms with Crippen LogP contribution in [0.2, 0.25) is 0 Å². The molecule has 2 aromatic rings. The van der Waals surface area contributed by atoms with Gasteiger partial charge in [-0.15, -0.1) is 0 Å². The Hall–Kier alpha value is -2.13. The second-order valence-corrected chi connectivity index (χ2v) is 7.45. The van der Waals surface area contributed by atoms with Crippen LogP contribution >= 0.6 is 0 Å². The molecule has 1 aliphatic carbocycles. The number of carbonyl (C=O) groups is 1. The van der Waals surface area contributed by atoms with Gasteiger partial charge in [0.1, 0.15) is 11.5 Å². The van der Waals surface area contributed by atoms with E-state index in [0.29, 0.717) is 18.1 Å². The maximum absolute atomic E-state index is 12.5. The predicted octanol–water partition coefficient (Wildman–Crippen LogP) is 4.17. The van der Waals surface area contributed by atoms with Crippen LogP contribution in [-0.4, -0.2) is 24.3 Å². The van der Waals surface area contributed by atoms with E-state index in [1.54, 1.807) is 7.11 Å². The molecule has 0 amide bonds. The maximum atomic E-state index is 12.5. The van der Waals surface area contributed by atoms with Gasteiger partial charge in [-0.1, -0.05) is 42.5 Å². The molecular formula is C22H25NO2. The lowest BCUT2D eigenvalue weighted by atomic mass is 9.66. The summed E-state index contributed by atoms with van der Waals surface area (Å²) in [4.78, 5) is 15.1. The van der Waals surface area contributed by atoms with Crippen LogP contribution in [-0.2, 0) is 16.9 Å². The second kappa shape index (κ2) is 6.64. The van der Waals surface area contributed by atoms with Gasteiger partial charge < -0.3 is 4.74 Å². The number of methoxy groups -OCH3 is 1. The van der Waals surface area contributed by atoms with Crippen molar-refractivity contribution in [2.24, 2.45) is 5.92 Å². The van der Waals surface area contributed by atoms with Crippen molar-refractivity contribution in [3.8, 4) is 5.75 Å². The first-order valence-corrected chi connectivity index (χ1v) is 9.15. The fourth-order valence-corrected chi connectivity index (χ4v) is 4.69. The summed E-state index contributed by atoms with van der Waals surface area (Å²) < 4.78 is 5.46. The summed E-state index contributed by atoms with van der Waals surface area (Å²) in [5.41, 5.74) is 2.34. The van der Waals surface area contributed by atoms with E-state index in [2.05, 4.69) is 47.4 Å².